The van der Waals surface area contributed by atoms with Gasteiger partial charge in [0.15, 0.2) is 0 Å². The average molecular weight is 579 g/mol. The van der Waals surface area contributed by atoms with Crippen LogP contribution in [0, 0.1) is 0 Å². The first-order chi connectivity index (χ1) is 17.1. The number of benzene rings is 2. The smallest absolute Gasteiger partial charge is 0.212 e. The Morgan fingerprint density at radius 1 is 0.474 bits per heavy atom. The highest BCUT2D eigenvalue weighted by Gasteiger charge is 2.52. The molecule has 2 aliphatic rings. The van der Waals surface area contributed by atoms with Crippen molar-refractivity contribution in [3.63, 3.8) is 0 Å². The molecular weight excluding hydrogens is 529 g/mol. The summed E-state index contributed by atoms with van der Waals surface area (Å²) in [5.41, 5.74) is 7.63. The highest BCUT2D eigenvalue weighted by molar-refractivity contribution is 7.05. The van der Waals surface area contributed by atoms with Crippen LogP contribution in [0.3, 0.4) is 0 Å². The molecule has 6 heteroatoms. The van der Waals surface area contributed by atoms with Crippen molar-refractivity contribution in [1.29, 1.82) is 0 Å². The van der Waals surface area contributed by atoms with Gasteiger partial charge in [0.25, 0.3) is 0 Å². The molecule has 0 saturated carbocycles. The van der Waals surface area contributed by atoms with Crippen LogP contribution in [-0.2, 0) is 8.85 Å². The third kappa shape index (κ3) is 5.25. The SMILES string of the molecule is CC1(C)O[Si](C)(C)C([Si](C)(C)C)=C1c1ccc(-c2ccc(C3=C([Si](C)(C)C)[Si](C)(C)OC3(C)C)cc2)cc1. The van der Waals surface area contributed by atoms with Crippen molar-refractivity contribution >= 4 is 43.9 Å². The van der Waals surface area contributed by atoms with Crippen LogP contribution in [0.1, 0.15) is 38.8 Å². The van der Waals surface area contributed by atoms with Crippen molar-refractivity contribution in [3.8, 4) is 11.1 Å². The molecule has 206 valence electrons. The second-order valence-electron chi connectivity index (χ2n) is 15.4. The van der Waals surface area contributed by atoms with Gasteiger partial charge in [0.2, 0.25) is 16.6 Å². The first kappa shape index (κ1) is 29.7. The minimum Gasteiger partial charge on any atom is -0.405 e. The van der Waals surface area contributed by atoms with Gasteiger partial charge in [-0.05, 0) is 87.3 Å². The highest BCUT2D eigenvalue weighted by atomic mass is 28.4. The van der Waals surface area contributed by atoms with Crippen molar-refractivity contribution in [2.45, 2.75) is 104 Å². The topological polar surface area (TPSA) is 18.5 Å². The zero-order chi connectivity index (χ0) is 28.7. The van der Waals surface area contributed by atoms with E-state index in [-0.39, 0.29) is 11.2 Å². The molecule has 0 fully saturated rings. The summed E-state index contributed by atoms with van der Waals surface area (Å²) in [6.07, 6.45) is 0. The fourth-order valence-corrected chi connectivity index (χ4v) is 30.1. The van der Waals surface area contributed by atoms with Crippen molar-refractivity contribution in [2.24, 2.45) is 0 Å². The maximum Gasteiger partial charge on any atom is 0.212 e. The van der Waals surface area contributed by atoms with Crippen molar-refractivity contribution < 1.29 is 8.85 Å². The molecule has 0 atom stereocenters. The van der Waals surface area contributed by atoms with E-state index in [4.69, 9.17) is 8.85 Å². The van der Waals surface area contributed by atoms with Gasteiger partial charge >= 0.3 is 0 Å². The van der Waals surface area contributed by atoms with Gasteiger partial charge < -0.3 is 8.85 Å². The summed E-state index contributed by atoms with van der Waals surface area (Å²) in [5.74, 6) is 0. The normalized spacial score (nSPS) is 22.4. The van der Waals surface area contributed by atoms with Crippen molar-refractivity contribution in [2.75, 3.05) is 0 Å². The lowest BCUT2D eigenvalue weighted by atomic mass is 9.90. The molecule has 0 aromatic heterocycles. The van der Waals surface area contributed by atoms with Gasteiger partial charge in [-0.2, -0.15) is 0 Å². The van der Waals surface area contributed by atoms with Crippen LogP contribution < -0.4 is 0 Å². The van der Waals surface area contributed by atoms with Crippen LogP contribution in [-0.4, -0.2) is 44.0 Å². The molecule has 0 unspecified atom stereocenters. The summed E-state index contributed by atoms with van der Waals surface area (Å²) in [4.78, 5) is 3.35. The van der Waals surface area contributed by atoms with E-state index in [9.17, 15) is 0 Å². The van der Waals surface area contributed by atoms with Crippen LogP contribution in [0.2, 0.25) is 65.5 Å². The second-order valence-corrected chi connectivity index (χ2v) is 33.8. The van der Waals surface area contributed by atoms with Gasteiger partial charge in [0, 0.05) is 0 Å². The third-order valence-electron chi connectivity index (χ3n) is 8.11. The van der Waals surface area contributed by atoms with E-state index in [1.807, 2.05) is 0 Å². The number of rotatable bonds is 5. The van der Waals surface area contributed by atoms with Gasteiger partial charge in [0.1, 0.15) is 0 Å². The Balaban J connectivity index is 1.73. The van der Waals surface area contributed by atoms with E-state index in [0.717, 1.165) is 0 Å². The molecule has 0 spiro atoms. The second kappa shape index (κ2) is 9.11. The van der Waals surface area contributed by atoms with Crippen LogP contribution >= 0.6 is 0 Å². The molecule has 2 nitrogen and oxygen atoms in total. The molecule has 0 bridgehead atoms. The Bertz CT molecular complexity index is 1190. The Morgan fingerprint density at radius 3 is 0.947 bits per heavy atom. The summed E-state index contributed by atoms with van der Waals surface area (Å²) in [5, 5.41) is 0. The summed E-state index contributed by atoms with van der Waals surface area (Å²) in [6.45, 7) is 33.4. The summed E-state index contributed by atoms with van der Waals surface area (Å²) in [7, 11) is -6.83. The lowest BCUT2D eigenvalue weighted by Crippen LogP contribution is -2.42. The maximum absolute atomic E-state index is 6.77. The monoisotopic (exact) mass is 578 g/mol. The predicted molar refractivity (Wildman–Crippen MR) is 178 cm³/mol. The molecule has 0 radical (unpaired) electrons. The van der Waals surface area contributed by atoms with Crippen LogP contribution in [0.25, 0.3) is 22.3 Å². The Labute approximate surface area is 236 Å². The molecule has 2 aliphatic heterocycles. The molecule has 2 aromatic rings. The Kier molecular flexibility index (Phi) is 7.12. The zero-order valence-corrected chi connectivity index (χ0v) is 30.4. The molecule has 2 heterocycles. The average Bonchev–Trinajstić information content (AvgIpc) is 3.06. The molecule has 38 heavy (non-hydrogen) atoms. The van der Waals surface area contributed by atoms with Crippen molar-refractivity contribution in [1.82, 2.24) is 0 Å². The van der Waals surface area contributed by atoms with E-state index in [1.165, 1.54) is 33.4 Å². The van der Waals surface area contributed by atoms with Gasteiger partial charge in [-0.25, -0.2) is 0 Å². The summed E-state index contributed by atoms with van der Waals surface area (Å²) >= 11 is 0. The van der Waals surface area contributed by atoms with Crippen molar-refractivity contribution in [3.05, 3.63) is 69.3 Å². The minimum atomic E-state index is -1.89. The highest BCUT2D eigenvalue weighted by Crippen LogP contribution is 2.50. The fourth-order valence-electron chi connectivity index (χ4n) is 7.88. The van der Waals surface area contributed by atoms with Gasteiger partial charge in [-0.3, -0.25) is 0 Å². The van der Waals surface area contributed by atoms with Crippen LogP contribution in [0.5, 0.6) is 0 Å². The minimum absolute atomic E-state index is 0.233. The van der Waals surface area contributed by atoms with E-state index >= 15 is 0 Å². The molecule has 0 amide bonds. The van der Waals surface area contributed by atoms with Crippen LogP contribution in [0.4, 0.5) is 0 Å². The lowest BCUT2D eigenvalue weighted by Gasteiger charge is -2.29. The number of hydrogen-bond donors (Lipinski definition) is 0. The maximum atomic E-state index is 6.77. The summed E-state index contributed by atoms with van der Waals surface area (Å²) < 4.78 is 13.5. The van der Waals surface area contributed by atoms with Crippen LogP contribution in [0.15, 0.2) is 58.2 Å². The molecule has 2 aromatic carbocycles. The first-order valence-corrected chi connectivity index (χ1v) is 27.0. The largest absolute Gasteiger partial charge is 0.405 e. The van der Waals surface area contributed by atoms with E-state index in [1.54, 1.807) is 9.64 Å². The van der Waals surface area contributed by atoms with Gasteiger partial charge in [-0.15, -0.1) is 0 Å². The molecule has 0 saturated heterocycles. The van der Waals surface area contributed by atoms with Gasteiger partial charge in [-0.1, -0.05) is 97.5 Å². The van der Waals surface area contributed by atoms with E-state index in [0.29, 0.717) is 0 Å². The molecular formula is C32H50O2Si4. The van der Waals surface area contributed by atoms with E-state index in [2.05, 4.69) is 142 Å². The first-order valence-electron chi connectivity index (χ1n) is 14.2. The van der Waals surface area contributed by atoms with E-state index < -0.39 is 32.8 Å². The van der Waals surface area contributed by atoms with Gasteiger partial charge in [0.05, 0.1) is 27.3 Å². The Hall–Kier alpha value is -1.29. The molecule has 4 rings (SSSR count). The number of hydrogen-bond acceptors (Lipinski definition) is 2. The lowest BCUT2D eigenvalue weighted by molar-refractivity contribution is 0.176. The summed E-state index contributed by atoms with van der Waals surface area (Å²) in [6, 6.07) is 18.5. The fraction of sp³-hybridized carbons (Fsp3) is 0.500. The standard InChI is InChI=1S/C32H50O2Si4/c1-31(2)27(29(35(5,6)7)37(11,12)33-31)25-19-15-23(16-20-25)24-17-21-26(22-18-24)28-30(36(8,9)10)38(13,14)34-32(28,3)4/h15-22H,1-14H3. The quantitative estimate of drug-likeness (QED) is 0.329. The Morgan fingerprint density at radius 2 is 0.711 bits per heavy atom. The molecule has 0 aliphatic carbocycles. The third-order valence-corrected chi connectivity index (χ3v) is 24.7. The zero-order valence-electron chi connectivity index (χ0n) is 26.4. The predicted octanol–water partition coefficient (Wildman–Crippen LogP) is 9.72. The molecule has 0 N–H and O–H groups in total.